The summed E-state index contributed by atoms with van der Waals surface area (Å²) in [4.78, 5) is 38.6. The Morgan fingerprint density at radius 1 is 0.933 bits per heavy atom. The number of aryl methyl sites for hydroxylation is 1. The van der Waals surface area contributed by atoms with Crippen LogP contribution in [0.4, 0.5) is 4.79 Å². The van der Waals surface area contributed by atoms with Gasteiger partial charge in [0, 0.05) is 0 Å². The number of carbonyl (C=O) groups excluding carboxylic acids is 3. The summed E-state index contributed by atoms with van der Waals surface area (Å²) in [6.45, 7) is 3.30. The Labute approximate surface area is 181 Å². The van der Waals surface area contributed by atoms with Crippen LogP contribution in [0, 0.1) is 0 Å². The minimum Gasteiger partial charge on any atom is -0.464 e. The molecule has 0 spiro atoms. The lowest BCUT2D eigenvalue weighted by atomic mass is 10.0. The van der Waals surface area contributed by atoms with Gasteiger partial charge < -0.3 is 9.47 Å². The van der Waals surface area contributed by atoms with E-state index < -0.39 is 29.4 Å². The fraction of sp³-hybridized carbons (Fsp3) is 0.348. The zero-order valence-electron chi connectivity index (χ0n) is 17.1. The molecule has 0 saturated carbocycles. The zero-order valence-corrected chi connectivity index (χ0v) is 17.9. The molecule has 30 heavy (non-hydrogen) atoms. The third-order valence-corrected chi connectivity index (χ3v) is 4.92. The summed E-state index contributed by atoms with van der Waals surface area (Å²) in [7, 11) is 0. The molecule has 2 atom stereocenters. The van der Waals surface area contributed by atoms with Gasteiger partial charge in [0.2, 0.25) is 5.24 Å². The van der Waals surface area contributed by atoms with Crippen molar-refractivity contribution < 1.29 is 23.9 Å². The highest BCUT2D eigenvalue weighted by molar-refractivity contribution is 6.64. The van der Waals surface area contributed by atoms with Gasteiger partial charge in [0.1, 0.15) is 18.7 Å². The van der Waals surface area contributed by atoms with Crippen molar-refractivity contribution in [2.45, 2.75) is 45.4 Å². The Morgan fingerprint density at radius 3 is 2.03 bits per heavy atom. The number of hydrogen-bond donors (Lipinski definition) is 0. The molecule has 6 nitrogen and oxygen atoms in total. The topological polar surface area (TPSA) is 72.9 Å². The number of hydrogen-bond acceptors (Lipinski definition) is 5. The molecule has 0 aromatic heterocycles. The molecule has 0 heterocycles. The summed E-state index contributed by atoms with van der Waals surface area (Å²) < 4.78 is 10.6. The lowest BCUT2D eigenvalue weighted by molar-refractivity contribution is -0.150. The van der Waals surface area contributed by atoms with Gasteiger partial charge in [0.05, 0.1) is 6.61 Å². The molecular weight excluding hydrogens is 406 g/mol. The highest BCUT2D eigenvalue weighted by atomic mass is 35.5. The molecule has 2 aromatic rings. The van der Waals surface area contributed by atoms with Gasteiger partial charge >= 0.3 is 12.1 Å². The summed E-state index contributed by atoms with van der Waals surface area (Å²) in [6.07, 6.45) is -0.0280. The molecule has 0 aliphatic rings. The van der Waals surface area contributed by atoms with Gasteiger partial charge in [-0.3, -0.25) is 9.69 Å². The van der Waals surface area contributed by atoms with Crippen LogP contribution in [0.5, 0.6) is 0 Å². The molecule has 160 valence electrons. The molecule has 7 heteroatoms. The van der Waals surface area contributed by atoms with E-state index >= 15 is 0 Å². The molecule has 0 N–H and O–H groups in total. The Hall–Kier alpha value is -2.86. The molecule has 2 rings (SSSR count). The highest BCUT2D eigenvalue weighted by Crippen LogP contribution is 2.19. The van der Waals surface area contributed by atoms with Crippen LogP contribution in [0.1, 0.15) is 31.4 Å². The lowest BCUT2D eigenvalue weighted by Crippen LogP contribution is -2.52. The van der Waals surface area contributed by atoms with Crippen molar-refractivity contribution in [2.75, 3.05) is 6.61 Å². The Morgan fingerprint density at radius 2 is 1.50 bits per heavy atom. The van der Waals surface area contributed by atoms with E-state index in [4.69, 9.17) is 21.1 Å². The van der Waals surface area contributed by atoms with E-state index in [-0.39, 0.29) is 19.6 Å². The molecule has 0 saturated heterocycles. The minimum absolute atomic E-state index is 0.00754. The standard InChI is InChI=1S/C23H26ClNO5/c1-3-29-22(27)20(15-14-18-10-6-4-7-11-18)25(17(2)21(24)26)23(28)30-16-19-12-8-5-9-13-19/h4-13,17,20H,3,14-16H2,1-2H3/t17-,20-/m0/s1. The predicted octanol–water partition coefficient (Wildman–Crippen LogP) is 4.34. The maximum atomic E-state index is 12.9. The van der Waals surface area contributed by atoms with E-state index in [0.29, 0.717) is 6.42 Å². The molecule has 0 bridgehead atoms. The number of ether oxygens (including phenoxy) is 2. The van der Waals surface area contributed by atoms with Crippen LogP contribution in [0.2, 0.25) is 0 Å². The Kier molecular flexibility index (Phi) is 9.35. The van der Waals surface area contributed by atoms with E-state index in [1.54, 1.807) is 6.92 Å². The van der Waals surface area contributed by atoms with Crippen LogP contribution < -0.4 is 0 Å². The molecule has 0 radical (unpaired) electrons. The van der Waals surface area contributed by atoms with E-state index in [0.717, 1.165) is 16.0 Å². The smallest absolute Gasteiger partial charge is 0.411 e. The number of halogens is 1. The van der Waals surface area contributed by atoms with Gasteiger partial charge in [-0.05, 0) is 49.4 Å². The van der Waals surface area contributed by atoms with Crippen LogP contribution in [0.25, 0.3) is 0 Å². The summed E-state index contributed by atoms with van der Waals surface area (Å²) in [5, 5.41) is -0.763. The first-order chi connectivity index (χ1) is 14.4. The third-order valence-electron chi connectivity index (χ3n) is 4.61. The SMILES string of the molecule is CCOC(=O)[C@H](CCc1ccccc1)N(C(=O)OCc1ccccc1)[C@@H](C)C(=O)Cl. The maximum absolute atomic E-state index is 12.9. The lowest BCUT2D eigenvalue weighted by Gasteiger charge is -2.32. The third kappa shape index (κ3) is 6.88. The van der Waals surface area contributed by atoms with Gasteiger partial charge in [0.15, 0.2) is 0 Å². The fourth-order valence-corrected chi connectivity index (χ4v) is 3.12. The van der Waals surface area contributed by atoms with Crippen molar-refractivity contribution in [3.63, 3.8) is 0 Å². The normalized spacial score (nSPS) is 12.5. The number of nitrogens with zero attached hydrogens (tertiary/aromatic N) is 1. The first kappa shape index (κ1) is 23.4. The maximum Gasteiger partial charge on any atom is 0.411 e. The fourth-order valence-electron chi connectivity index (χ4n) is 3.02. The van der Waals surface area contributed by atoms with E-state index in [1.807, 2.05) is 60.7 Å². The van der Waals surface area contributed by atoms with Gasteiger partial charge in [-0.1, -0.05) is 60.7 Å². The van der Waals surface area contributed by atoms with Crippen LogP contribution in [0.3, 0.4) is 0 Å². The van der Waals surface area contributed by atoms with Crippen LogP contribution in [0.15, 0.2) is 60.7 Å². The summed E-state index contributed by atoms with van der Waals surface area (Å²) in [6, 6.07) is 16.6. The zero-order chi connectivity index (χ0) is 21.9. The number of esters is 1. The first-order valence-corrected chi connectivity index (χ1v) is 10.2. The summed E-state index contributed by atoms with van der Waals surface area (Å²) >= 11 is 5.69. The highest BCUT2D eigenvalue weighted by Gasteiger charge is 2.37. The number of rotatable bonds is 10. The number of amides is 1. The molecule has 2 aromatic carbocycles. The van der Waals surface area contributed by atoms with Crippen molar-refractivity contribution in [3.8, 4) is 0 Å². The van der Waals surface area contributed by atoms with Gasteiger partial charge in [-0.25, -0.2) is 9.59 Å². The number of carbonyl (C=O) groups is 3. The second-order valence-corrected chi connectivity index (χ2v) is 7.09. The van der Waals surface area contributed by atoms with Crippen molar-refractivity contribution >= 4 is 28.9 Å². The van der Waals surface area contributed by atoms with Crippen molar-refractivity contribution in [2.24, 2.45) is 0 Å². The van der Waals surface area contributed by atoms with Gasteiger partial charge in [-0.2, -0.15) is 0 Å². The van der Waals surface area contributed by atoms with Crippen molar-refractivity contribution in [3.05, 3.63) is 71.8 Å². The van der Waals surface area contributed by atoms with E-state index in [9.17, 15) is 14.4 Å². The van der Waals surface area contributed by atoms with E-state index in [2.05, 4.69) is 0 Å². The largest absolute Gasteiger partial charge is 0.464 e. The summed E-state index contributed by atoms with van der Waals surface area (Å²) in [5.74, 6) is -0.602. The molecule has 0 aliphatic heterocycles. The van der Waals surface area contributed by atoms with Gasteiger partial charge in [-0.15, -0.1) is 0 Å². The van der Waals surface area contributed by atoms with Crippen molar-refractivity contribution in [1.29, 1.82) is 0 Å². The monoisotopic (exact) mass is 431 g/mol. The molecule has 0 aliphatic carbocycles. The molecule has 1 amide bonds. The van der Waals surface area contributed by atoms with Crippen LogP contribution in [-0.4, -0.2) is 40.9 Å². The molecule has 0 fully saturated rings. The predicted molar refractivity (Wildman–Crippen MR) is 114 cm³/mol. The van der Waals surface area contributed by atoms with E-state index in [1.165, 1.54) is 6.92 Å². The second kappa shape index (κ2) is 12.0. The quantitative estimate of drug-likeness (QED) is 0.413. The molecular formula is C23H26ClNO5. The first-order valence-electron chi connectivity index (χ1n) is 9.83. The minimum atomic E-state index is -1.06. The second-order valence-electron chi connectivity index (χ2n) is 6.72. The van der Waals surface area contributed by atoms with Gasteiger partial charge in [0.25, 0.3) is 0 Å². The average Bonchev–Trinajstić information content (AvgIpc) is 2.76. The van der Waals surface area contributed by atoms with Crippen molar-refractivity contribution in [1.82, 2.24) is 4.90 Å². The van der Waals surface area contributed by atoms with Crippen LogP contribution >= 0.6 is 11.6 Å². The summed E-state index contributed by atoms with van der Waals surface area (Å²) in [5.41, 5.74) is 1.78. The average molecular weight is 432 g/mol. The number of benzene rings is 2. The Balaban J connectivity index is 2.23. The Bertz CT molecular complexity index is 828. The van der Waals surface area contributed by atoms with Crippen LogP contribution in [-0.2, 0) is 32.1 Å². The molecule has 0 unspecified atom stereocenters.